The van der Waals surface area contributed by atoms with Crippen molar-refractivity contribution in [1.82, 2.24) is 5.32 Å². The zero-order valence-corrected chi connectivity index (χ0v) is 9.79. The summed E-state index contributed by atoms with van der Waals surface area (Å²) >= 11 is 0. The standard InChI is InChI=1S/C10H22N2O3/c1-8(2)6-14-4-5-15-7-9(12-3)10(11)13/h8-9,12H,4-7H2,1-3H3,(H2,11,13). The predicted octanol–water partition coefficient (Wildman–Crippen LogP) is -0.251. The van der Waals surface area contributed by atoms with Crippen LogP contribution in [0.15, 0.2) is 0 Å². The van der Waals surface area contributed by atoms with E-state index in [-0.39, 0.29) is 6.61 Å². The van der Waals surface area contributed by atoms with E-state index in [9.17, 15) is 4.79 Å². The van der Waals surface area contributed by atoms with Gasteiger partial charge in [0.1, 0.15) is 6.04 Å². The fourth-order valence-electron chi connectivity index (χ4n) is 0.946. The van der Waals surface area contributed by atoms with Crippen molar-refractivity contribution >= 4 is 5.91 Å². The number of hydrogen-bond donors (Lipinski definition) is 2. The highest BCUT2D eigenvalue weighted by Gasteiger charge is 2.11. The highest BCUT2D eigenvalue weighted by molar-refractivity contribution is 5.79. The number of ether oxygens (including phenoxy) is 2. The maximum Gasteiger partial charge on any atom is 0.236 e. The van der Waals surface area contributed by atoms with E-state index in [0.29, 0.717) is 19.1 Å². The van der Waals surface area contributed by atoms with Crippen LogP contribution in [0.5, 0.6) is 0 Å². The third-order valence-corrected chi connectivity index (χ3v) is 1.80. The predicted molar refractivity (Wildman–Crippen MR) is 58.5 cm³/mol. The molecule has 0 bridgehead atoms. The molecule has 15 heavy (non-hydrogen) atoms. The van der Waals surface area contributed by atoms with Gasteiger partial charge in [0.25, 0.3) is 0 Å². The lowest BCUT2D eigenvalue weighted by Gasteiger charge is -2.12. The molecule has 90 valence electrons. The maximum atomic E-state index is 10.8. The van der Waals surface area contributed by atoms with Crippen LogP contribution in [0.4, 0.5) is 0 Å². The fourth-order valence-corrected chi connectivity index (χ4v) is 0.946. The zero-order valence-electron chi connectivity index (χ0n) is 9.79. The molecular weight excluding hydrogens is 196 g/mol. The van der Waals surface area contributed by atoms with E-state index in [0.717, 1.165) is 6.61 Å². The van der Waals surface area contributed by atoms with Crippen LogP contribution in [0.2, 0.25) is 0 Å². The summed E-state index contributed by atoms with van der Waals surface area (Å²) in [6, 6.07) is -0.421. The van der Waals surface area contributed by atoms with Crippen LogP contribution in [0.1, 0.15) is 13.8 Å². The number of primary amides is 1. The van der Waals surface area contributed by atoms with Crippen molar-refractivity contribution in [1.29, 1.82) is 0 Å². The van der Waals surface area contributed by atoms with Crippen LogP contribution in [0.3, 0.4) is 0 Å². The average molecular weight is 218 g/mol. The Bertz CT molecular complexity index is 174. The van der Waals surface area contributed by atoms with E-state index >= 15 is 0 Å². The lowest BCUT2D eigenvalue weighted by molar-refractivity contribution is -0.121. The van der Waals surface area contributed by atoms with E-state index in [1.54, 1.807) is 7.05 Å². The van der Waals surface area contributed by atoms with Gasteiger partial charge < -0.3 is 20.5 Å². The first-order valence-corrected chi connectivity index (χ1v) is 5.20. The smallest absolute Gasteiger partial charge is 0.236 e. The minimum Gasteiger partial charge on any atom is -0.379 e. The van der Waals surface area contributed by atoms with Gasteiger partial charge in [0.2, 0.25) is 5.91 Å². The minimum atomic E-state index is -0.421. The van der Waals surface area contributed by atoms with Crippen LogP contribution >= 0.6 is 0 Å². The second kappa shape index (κ2) is 8.64. The Labute approximate surface area is 91.3 Å². The van der Waals surface area contributed by atoms with Crippen molar-refractivity contribution in [2.24, 2.45) is 11.7 Å². The van der Waals surface area contributed by atoms with Crippen LogP contribution in [-0.2, 0) is 14.3 Å². The van der Waals surface area contributed by atoms with Crippen molar-refractivity contribution in [3.05, 3.63) is 0 Å². The lowest BCUT2D eigenvalue weighted by Crippen LogP contribution is -2.42. The largest absolute Gasteiger partial charge is 0.379 e. The molecule has 0 rings (SSSR count). The first-order chi connectivity index (χ1) is 7.07. The fraction of sp³-hybridized carbons (Fsp3) is 0.900. The summed E-state index contributed by atoms with van der Waals surface area (Å²) in [4.78, 5) is 10.8. The van der Waals surface area contributed by atoms with Crippen LogP contribution in [-0.4, -0.2) is 45.4 Å². The summed E-state index contributed by atoms with van der Waals surface area (Å²) in [5.74, 6) is 0.126. The molecule has 1 atom stereocenters. The number of amides is 1. The molecule has 1 amide bonds. The maximum absolute atomic E-state index is 10.8. The molecule has 0 aliphatic heterocycles. The molecule has 5 nitrogen and oxygen atoms in total. The monoisotopic (exact) mass is 218 g/mol. The Morgan fingerprint density at radius 1 is 1.27 bits per heavy atom. The number of carbonyl (C=O) groups excluding carboxylic acids is 1. The number of likely N-dealkylation sites (N-methyl/N-ethyl adjacent to an activating group) is 1. The summed E-state index contributed by atoms with van der Waals surface area (Å²) in [5, 5.41) is 2.77. The molecule has 0 saturated carbocycles. The van der Waals surface area contributed by atoms with Gasteiger partial charge in [-0.15, -0.1) is 0 Å². The summed E-state index contributed by atoms with van der Waals surface area (Å²) in [5.41, 5.74) is 5.12. The van der Waals surface area contributed by atoms with Crippen molar-refractivity contribution in [2.45, 2.75) is 19.9 Å². The molecule has 0 aromatic rings. The summed E-state index contributed by atoms with van der Waals surface area (Å²) in [6.07, 6.45) is 0. The van der Waals surface area contributed by atoms with Gasteiger partial charge in [-0.1, -0.05) is 13.8 Å². The van der Waals surface area contributed by atoms with Gasteiger partial charge in [-0.05, 0) is 13.0 Å². The lowest BCUT2D eigenvalue weighted by atomic mass is 10.2. The van der Waals surface area contributed by atoms with Crippen LogP contribution in [0.25, 0.3) is 0 Å². The molecule has 0 saturated heterocycles. The number of nitrogens with two attached hydrogens (primary N) is 1. The second-order valence-corrected chi connectivity index (χ2v) is 3.79. The second-order valence-electron chi connectivity index (χ2n) is 3.79. The quantitative estimate of drug-likeness (QED) is 0.523. The van der Waals surface area contributed by atoms with Crippen molar-refractivity contribution in [3.63, 3.8) is 0 Å². The Morgan fingerprint density at radius 2 is 1.80 bits per heavy atom. The van der Waals surface area contributed by atoms with E-state index in [1.165, 1.54) is 0 Å². The molecule has 0 aromatic heterocycles. The first-order valence-electron chi connectivity index (χ1n) is 5.20. The molecule has 0 radical (unpaired) electrons. The van der Waals surface area contributed by atoms with E-state index in [4.69, 9.17) is 15.2 Å². The third kappa shape index (κ3) is 8.35. The van der Waals surface area contributed by atoms with Gasteiger partial charge in [0, 0.05) is 6.61 Å². The van der Waals surface area contributed by atoms with Crippen molar-refractivity contribution in [3.8, 4) is 0 Å². The average Bonchev–Trinajstić information content (AvgIpc) is 2.15. The van der Waals surface area contributed by atoms with Gasteiger partial charge in [-0.2, -0.15) is 0 Å². The molecular formula is C10H22N2O3. The number of carbonyl (C=O) groups is 1. The molecule has 0 aliphatic carbocycles. The van der Waals surface area contributed by atoms with Gasteiger partial charge in [0.05, 0.1) is 19.8 Å². The third-order valence-electron chi connectivity index (χ3n) is 1.80. The van der Waals surface area contributed by atoms with Gasteiger partial charge in [-0.25, -0.2) is 0 Å². The molecule has 1 unspecified atom stereocenters. The van der Waals surface area contributed by atoms with E-state index < -0.39 is 11.9 Å². The summed E-state index contributed by atoms with van der Waals surface area (Å²) in [7, 11) is 1.67. The van der Waals surface area contributed by atoms with Crippen molar-refractivity contribution < 1.29 is 14.3 Å². The number of hydrogen-bond acceptors (Lipinski definition) is 4. The van der Waals surface area contributed by atoms with Gasteiger partial charge in [-0.3, -0.25) is 4.79 Å². The minimum absolute atomic E-state index is 0.289. The summed E-state index contributed by atoms with van der Waals surface area (Å²) in [6.45, 7) is 6.23. The van der Waals surface area contributed by atoms with Gasteiger partial charge in [0.15, 0.2) is 0 Å². The van der Waals surface area contributed by atoms with Crippen LogP contribution < -0.4 is 11.1 Å². The number of rotatable bonds is 9. The molecule has 5 heteroatoms. The normalized spacial score (nSPS) is 13.1. The molecule has 0 aliphatic rings. The first kappa shape index (κ1) is 14.3. The Kier molecular flexibility index (Phi) is 8.27. The molecule has 0 aromatic carbocycles. The number of nitrogens with one attached hydrogen (secondary N) is 1. The molecule has 0 heterocycles. The Morgan fingerprint density at radius 3 is 2.20 bits per heavy atom. The highest BCUT2D eigenvalue weighted by atomic mass is 16.5. The van der Waals surface area contributed by atoms with Crippen LogP contribution in [0, 0.1) is 5.92 Å². The van der Waals surface area contributed by atoms with Gasteiger partial charge >= 0.3 is 0 Å². The molecule has 3 N–H and O–H groups in total. The van der Waals surface area contributed by atoms with Crippen molar-refractivity contribution in [2.75, 3.05) is 33.5 Å². The Hall–Kier alpha value is -0.650. The highest BCUT2D eigenvalue weighted by Crippen LogP contribution is 1.92. The summed E-state index contributed by atoms with van der Waals surface area (Å²) < 4.78 is 10.6. The molecule has 0 fully saturated rings. The Balaban J connectivity index is 3.33. The van der Waals surface area contributed by atoms with E-state index in [1.807, 2.05) is 0 Å². The van der Waals surface area contributed by atoms with E-state index in [2.05, 4.69) is 19.2 Å². The molecule has 0 spiro atoms. The SMILES string of the molecule is CNC(COCCOCC(C)C)C(N)=O. The zero-order chi connectivity index (χ0) is 11.7. The topological polar surface area (TPSA) is 73.6 Å².